The molecule has 1 aromatic heterocycles. The molecule has 0 radical (unpaired) electrons. The monoisotopic (exact) mass is 286 g/mol. The van der Waals surface area contributed by atoms with E-state index in [-0.39, 0.29) is 11.7 Å². The molecule has 0 atom stereocenters. The number of amides is 1. The molecule has 0 bridgehead atoms. The lowest BCUT2D eigenvalue weighted by Crippen LogP contribution is -2.12. The van der Waals surface area contributed by atoms with Crippen LogP contribution >= 0.6 is 0 Å². The normalized spacial score (nSPS) is 10.8. The summed E-state index contributed by atoms with van der Waals surface area (Å²) >= 11 is 0. The molecule has 108 valence electrons. The van der Waals surface area contributed by atoms with Gasteiger partial charge < -0.3 is 14.8 Å². The van der Waals surface area contributed by atoms with Crippen molar-refractivity contribution in [2.24, 2.45) is 0 Å². The number of aromatic nitrogens is 1. The SMILES string of the molecule is Cc1nc(C)c(C(=O)Nc2ccc(/C=C/C(=O)O)cc2)o1. The molecule has 0 aliphatic carbocycles. The zero-order valence-electron chi connectivity index (χ0n) is 11.6. The first kappa shape index (κ1) is 14.5. The molecule has 0 saturated heterocycles. The number of carbonyl (C=O) groups excluding carboxylic acids is 1. The lowest BCUT2D eigenvalue weighted by Gasteiger charge is -2.03. The van der Waals surface area contributed by atoms with Crippen molar-refractivity contribution in [3.8, 4) is 0 Å². The van der Waals surface area contributed by atoms with Gasteiger partial charge in [0, 0.05) is 18.7 Å². The average Bonchev–Trinajstić information content (AvgIpc) is 2.77. The number of carbonyl (C=O) groups is 2. The maximum absolute atomic E-state index is 12.0. The van der Waals surface area contributed by atoms with E-state index in [0.717, 1.165) is 11.6 Å². The second kappa shape index (κ2) is 6.04. The van der Waals surface area contributed by atoms with Gasteiger partial charge in [-0.25, -0.2) is 9.78 Å². The molecule has 2 rings (SSSR count). The van der Waals surface area contributed by atoms with Crippen molar-refractivity contribution in [3.05, 3.63) is 53.2 Å². The first-order valence-corrected chi connectivity index (χ1v) is 6.22. The highest BCUT2D eigenvalue weighted by Gasteiger charge is 2.15. The molecular formula is C15H14N2O4. The maximum Gasteiger partial charge on any atom is 0.328 e. The van der Waals surface area contributed by atoms with E-state index in [1.165, 1.54) is 6.08 Å². The molecule has 6 nitrogen and oxygen atoms in total. The van der Waals surface area contributed by atoms with Crippen LogP contribution in [0, 0.1) is 13.8 Å². The van der Waals surface area contributed by atoms with Crippen LogP contribution in [0.25, 0.3) is 6.08 Å². The Morgan fingerprint density at radius 3 is 2.43 bits per heavy atom. The van der Waals surface area contributed by atoms with Gasteiger partial charge in [0.2, 0.25) is 5.76 Å². The van der Waals surface area contributed by atoms with Gasteiger partial charge >= 0.3 is 5.97 Å². The number of rotatable bonds is 4. The molecule has 0 aliphatic heterocycles. The van der Waals surface area contributed by atoms with E-state index in [1.54, 1.807) is 38.1 Å². The van der Waals surface area contributed by atoms with Gasteiger partial charge in [0.05, 0.1) is 5.69 Å². The number of benzene rings is 1. The topological polar surface area (TPSA) is 92.4 Å². The van der Waals surface area contributed by atoms with Gasteiger partial charge in [-0.15, -0.1) is 0 Å². The lowest BCUT2D eigenvalue weighted by atomic mass is 10.2. The fourth-order valence-corrected chi connectivity index (χ4v) is 1.77. The fraction of sp³-hybridized carbons (Fsp3) is 0.133. The van der Waals surface area contributed by atoms with Crippen molar-refractivity contribution in [3.63, 3.8) is 0 Å². The van der Waals surface area contributed by atoms with Crippen molar-refractivity contribution >= 4 is 23.6 Å². The first-order chi connectivity index (χ1) is 9.95. The summed E-state index contributed by atoms with van der Waals surface area (Å²) < 4.78 is 5.24. The molecule has 21 heavy (non-hydrogen) atoms. The molecule has 0 aliphatic rings. The van der Waals surface area contributed by atoms with Crippen molar-refractivity contribution < 1.29 is 19.1 Å². The quantitative estimate of drug-likeness (QED) is 0.843. The van der Waals surface area contributed by atoms with Crippen LogP contribution in [0.15, 0.2) is 34.8 Å². The summed E-state index contributed by atoms with van der Waals surface area (Å²) in [5.41, 5.74) is 1.84. The summed E-state index contributed by atoms with van der Waals surface area (Å²) in [5, 5.41) is 11.2. The summed E-state index contributed by atoms with van der Waals surface area (Å²) in [5.74, 6) is -0.764. The van der Waals surface area contributed by atoms with Crippen LogP contribution in [0.1, 0.15) is 27.7 Å². The zero-order valence-corrected chi connectivity index (χ0v) is 11.6. The molecule has 2 N–H and O–H groups in total. The lowest BCUT2D eigenvalue weighted by molar-refractivity contribution is -0.131. The highest BCUT2D eigenvalue weighted by molar-refractivity contribution is 6.03. The molecular weight excluding hydrogens is 272 g/mol. The van der Waals surface area contributed by atoms with Gasteiger partial charge in [-0.1, -0.05) is 12.1 Å². The van der Waals surface area contributed by atoms with Gasteiger partial charge in [0.1, 0.15) is 0 Å². The number of hydrogen-bond donors (Lipinski definition) is 2. The van der Waals surface area contributed by atoms with E-state index in [9.17, 15) is 9.59 Å². The Kier molecular flexibility index (Phi) is 4.18. The van der Waals surface area contributed by atoms with E-state index in [1.807, 2.05) is 0 Å². The van der Waals surface area contributed by atoms with Gasteiger partial charge in [-0.05, 0) is 30.7 Å². The van der Waals surface area contributed by atoms with Crippen LogP contribution in [0.2, 0.25) is 0 Å². The second-order valence-corrected chi connectivity index (χ2v) is 4.40. The summed E-state index contributed by atoms with van der Waals surface area (Å²) in [6.07, 6.45) is 2.52. The van der Waals surface area contributed by atoms with Crippen LogP contribution in [0.4, 0.5) is 5.69 Å². The van der Waals surface area contributed by atoms with Gasteiger partial charge in [0.15, 0.2) is 5.89 Å². The van der Waals surface area contributed by atoms with Crippen molar-refractivity contribution in [1.82, 2.24) is 4.98 Å². The highest BCUT2D eigenvalue weighted by Crippen LogP contribution is 2.15. The van der Waals surface area contributed by atoms with E-state index in [4.69, 9.17) is 9.52 Å². The molecule has 6 heteroatoms. The van der Waals surface area contributed by atoms with Gasteiger partial charge in [-0.2, -0.15) is 0 Å². The average molecular weight is 286 g/mol. The van der Waals surface area contributed by atoms with Crippen LogP contribution in [0.5, 0.6) is 0 Å². The number of carboxylic acid groups (broad SMARTS) is 1. The molecule has 0 unspecified atom stereocenters. The van der Waals surface area contributed by atoms with Crippen molar-refractivity contribution in [2.45, 2.75) is 13.8 Å². The third-order valence-electron chi connectivity index (χ3n) is 2.70. The maximum atomic E-state index is 12.0. The first-order valence-electron chi connectivity index (χ1n) is 6.22. The number of carboxylic acids is 1. The smallest absolute Gasteiger partial charge is 0.328 e. The molecule has 0 spiro atoms. The Hall–Kier alpha value is -2.89. The van der Waals surface area contributed by atoms with E-state index >= 15 is 0 Å². The molecule has 1 aromatic carbocycles. The summed E-state index contributed by atoms with van der Waals surface area (Å²) in [6.45, 7) is 3.37. The predicted molar refractivity (Wildman–Crippen MR) is 77.0 cm³/mol. The number of aryl methyl sites for hydroxylation is 2. The third kappa shape index (κ3) is 3.79. The molecule has 0 fully saturated rings. The second-order valence-electron chi connectivity index (χ2n) is 4.40. The predicted octanol–water partition coefficient (Wildman–Crippen LogP) is 2.64. The standard InChI is InChI=1S/C15H14N2O4/c1-9-14(21-10(2)16-9)15(20)17-12-6-3-11(4-7-12)5-8-13(18)19/h3-8H,1-2H3,(H,17,20)(H,18,19)/b8-5+. The molecule has 2 aromatic rings. The van der Waals surface area contributed by atoms with Crippen LogP contribution in [0.3, 0.4) is 0 Å². The Labute approximate surface area is 121 Å². The molecule has 0 saturated carbocycles. The highest BCUT2D eigenvalue weighted by atomic mass is 16.4. The van der Waals surface area contributed by atoms with E-state index in [2.05, 4.69) is 10.3 Å². The van der Waals surface area contributed by atoms with Gasteiger partial charge in [-0.3, -0.25) is 4.79 Å². The number of nitrogens with zero attached hydrogens (tertiary/aromatic N) is 1. The molecule has 1 amide bonds. The number of anilines is 1. The summed E-state index contributed by atoms with van der Waals surface area (Å²) in [7, 11) is 0. The van der Waals surface area contributed by atoms with E-state index in [0.29, 0.717) is 17.3 Å². The Bertz CT molecular complexity index is 699. The van der Waals surface area contributed by atoms with Crippen molar-refractivity contribution in [2.75, 3.05) is 5.32 Å². The minimum absolute atomic E-state index is 0.183. The summed E-state index contributed by atoms with van der Waals surface area (Å²) in [4.78, 5) is 26.5. The fourth-order valence-electron chi connectivity index (χ4n) is 1.77. The minimum atomic E-state index is -1.01. The summed E-state index contributed by atoms with van der Waals surface area (Å²) in [6, 6.07) is 6.76. The van der Waals surface area contributed by atoms with E-state index < -0.39 is 5.97 Å². The minimum Gasteiger partial charge on any atom is -0.478 e. The Morgan fingerprint density at radius 2 is 1.90 bits per heavy atom. The zero-order chi connectivity index (χ0) is 15.4. The number of hydrogen-bond acceptors (Lipinski definition) is 4. The van der Waals surface area contributed by atoms with Crippen molar-refractivity contribution in [1.29, 1.82) is 0 Å². The Morgan fingerprint density at radius 1 is 1.24 bits per heavy atom. The Balaban J connectivity index is 2.08. The number of nitrogens with one attached hydrogen (secondary N) is 1. The van der Waals surface area contributed by atoms with Crippen LogP contribution in [-0.2, 0) is 4.79 Å². The number of aliphatic carboxylic acids is 1. The number of oxazole rings is 1. The largest absolute Gasteiger partial charge is 0.478 e. The van der Waals surface area contributed by atoms with Gasteiger partial charge in [0.25, 0.3) is 5.91 Å². The third-order valence-corrected chi connectivity index (χ3v) is 2.70. The van der Waals surface area contributed by atoms with Crippen LogP contribution in [-0.4, -0.2) is 22.0 Å². The van der Waals surface area contributed by atoms with Crippen LogP contribution < -0.4 is 5.32 Å². The molecule has 1 heterocycles.